The summed E-state index contributed by atoms with van der Waals surface area (Å²) >= 11 is 5.83. The number of oxazole rings is 1. The first-order valence-electron chi connectivity index (χ1n) is 6.97. The minimum Gasteiger partial charge on any atom is -0.441 e. The molecule has 0 aliphatic carbocycles. The Morgan fingerprint density at radius 1 is 1.18 bits per heavy atom. The molecule has 0 bridgehead atoms. The summed E-state index contributed by atoms with van der Waals surface area (Å²) in [6, 6.07) is 13.0. The summed E-state index contributed by atoms with van der Waals surface area (Å²) < 4.78 is 5.42. The maximum Gasteiger partial charge on any atom is 0.224 e. The van der Waals surface area contributed by atoms with E-state index in [1.54, 1.807) is 6.92 Å². The zero-order valence-electron chi connectivity index (χ0n) is 12.1. The van der Waals surface area contributed by atoms with Crippen LogP contribution in [0.1, 0.15) is 17.0 Å². The second-order valence-electron chi connectivity index (χ2n) is 5.11. The Morgan fingerprint density at radius 3 is 2.68 bits per heavy atom. The maximum atomic E-state index is 12.0. The molecule has 5 heteroatoms. The number of fused-ring (bicyclic) bond motifs is 1. The highest BCUT2D eigenvalue weighted by molar-refractivity contribution is 6.30. The van der Waals surface area contributed by atoms with Gasteiger partial charge in [-0.05, 0) is 35.4 Å². The number of nitrogens with zero attached hydrogens (tertiary/aromatic N) is 1. The topological polar surface area (TPSA) is 55.1 Å². The summed E-state index contributed by atoms with van der Waals surface area (Å²) in [6.45, 7) is 2.29. The first-order valence-corrected chi connectivity index (χ1v) is 7.35. The summed E-state index contributed by atoms with van der Waals surface area (Å²) in [4.78, 5) is 16.3. The van der Waals surface area contributed by atoms with Crippen molar-refractivity contribution in [3.63, 3.8) is 0 Å². The molecule has 0 atom stereocenters. The van der Waals surface area contributed by atoms with Gasteiger partial charge in [-0.15, -0.1) is 0 Å². The Balaban J connectivity index is 1.61. The number of nitrogens with one attached hydrogen (secondary N) is 1. The number of halogens is 1. The number of aryl methyl sites for hydroxylation is 1. The molecule has 0 radical (unpaired) electrons. The third-order valence-corrected chi connectivity index (χ3v) is 3.58. The van der Waals surface area contributed by atoms with Crippen molar-refractivity contribution >= 4 is 28.6 Å². The van der Waals surface area contributed by atoms with Gasteiger partial charge in [0.25, 0.3) is 0 Å². The second-order valence-corrected chi connectivity index (χ2v) is 5.55. The summed E-state index contributed by atoms with van der Waals surface area (Å²) in [5.74, 6) is 0.592. The van der Waals surface area contributed by atoms with Gasteiger partial charge in [0.2, 0.25) is 5.91 Å². The van der Waals surface area contributed by atoms with E-state index in [0.29, 0.717) is 23.9 Å². The lowest BCUT2D eigenvalue weighted by molar-refractivity contribution is -0.120. The van der Waals surface area contributed by atoms with Crippen LogP contribution in [0.15, 0.2) is 46.9 Å². The highest BCUT2D eigenvalue weighted by Gasteiger charge is 2.07. The van der Waals surface area contributed by atoms with Gasteiger partial charge in [0.15, 0.2) is 11.5 Å². The largest absolute Gasteiger partial charge is 0.441 e. The molecule has 0 fully saturated rings. The molecule has 4 nitrogen and oxygen atoms in total. The molecule has 0 aliphatic heterocycles. The summed E-state index contributed by atoms with van der Waals surface area (Å²) in [6.07, 6.45) is 0.315. The molecule has 0 aliphatic rings. The molecule has 0 unspecified atom stereocenters. The quantitative estimate of drug-likeness (QED) is 0.799. The number of carbonyl (C=O) groups is 1. The smallest absolute Gasteiger partial charge is 0.224 e. The van der Waals surface area contributed by atoms with Crippen molar-refractivity contribution < 1.29 is 9.21 Å². The molecule has 22 heavy (non-hydrogen) atoms. The van der Waals surface area contributed by atoms with Gasteiger partial charge in [0, 0.05) is 18.5 Å². The van der Waals surface area contributed by atoms with Gasteiger partial charge >= 0.3 is 0 Å². The highest BCUT2D eigenvalue weighted by Crippen LogP contribution is 2.17. The highest BCUT2D eigenvalue weighted by atomic mass is 35.5. The van der Waals surface area contributed by atoms with Crippen LogP contribution in [0.3, 0.4) is 0 Å². The number of hydrogen-bond donors (Lipinski definition) is 1. The van der Waals surface area contributed by atoms with E-state index in [4.69, 9.17) is 16.0 Å². The van der Waals surface area contributed by atoms with E-state index in [2.05, 4.69) is 10.3 Å². The Bertz CT molecular complexity index is 809. The lowest BCUT2D eigenvalue weighted by atomic mass is 10.1. The third kappa shape index (κ3) is 3.46. The van der Waals surface area contributed by atoms with Crippen molar-refractivity contribution in [2.24, 2.45) is 0 Å². The van der Waals surface area contributed by atoms with Crippen LogP contribution in [-0.2, 0) is 17.8 Å². The van der Waals surface area contributed by atoms with Crippen LogP contribution in [0.4, 0.5) is 0 Å². The normalized spacial score (nSPS) is 10.8. The number of amides is 1. The minimum absolute atomic E-state index is 0.0329. The molecule has 3 rings (SSSR count). The Labute approximate surface area is 133 Å². The average molecular weight is 315 g/mol. The van der Waals surface area contributed by atoms with Crippen LogP contribution < -0.4 is 5.32 Å². The van der Waals surface area contributed by atoms with Crippen LogP contribution in [-0.4, -0.2) is 10.9 Å². The van der Waals surface area contributed by atoms with Crippen LogP contribution >= 0.6 is 11.6 Å². The molecule has 3 aromatic rings. The van der Waals surface area contributed by atoms with Crippen molar-refractivity contribution in [3.05, 3.63) is 64.5 Å². The molecule has 112 valence electrons. The fourth-order valence-electron chi connectivity index (χ4n) is 2.25. The van der Waals surface area contributed by atoms with Crippen molar-refractivity contribution in [1.82, 2.24) is 10.3 Å². The zero-order chi connectivity index (χ0) is 15.5. The molecule has 0 saturated carbocycles. The predicted molar refractivity (Wildman–Crippen MR) is 85.7 cm³/mol. The second kappa shape index (κ2) is 6.20. The maximum absolute atomic E-state index is 12.0. The van der Waals surface area contributed by atoms with Crippen LogP contribution in [0.5, 0.6) is 0 Å². The first-order chi connectivity index (χ1) is 10.6. The fraction of sp³-hybridized carbons (Fsp3) is 0.176. The van der Waals surface area contributed by atoms with E-state index >= 15 is 0 Å². The number of benzene rings is 2. The lowest BCUT2D eigenvalue weighted by Crippen LogP contribution is -2.24. The number of aromatic nitrogens is 1. The monoisotopic (exact) mass is 314 g/mol. The first kappa shape index (κ1) is 14.6. The molecule has 1 amide bonds. The summed E-state index contributed by atoms with van der Waals surface area (Å²) in [7, 11) is 0. The van der Waals surface area contributed by atoms with Gasteiger partial charge in [0.1, 0.15) is 5.52 Å². The van der Waals surface area contributed by atoms with Gasteiger partial charge in [-0.25, -0.2) is 4.98 Å². The van der Waals surface area contributed by atoms with Gasteiger partial charge in [-0.2, -0.15) is 0 Å². The Morgan fingerprint density at radius 2 is 1.91 bits per heavy atom. The standard InChI is InChI=1S/C17H15ClN2O2/c1-11-20-15-8-13(4-7-16(15)22-11)9-17(21)19-10-12-2-5-14(18)6-3-12/h2-8H,9-10H2,1H3,(H,19,21). The molecule has 1 aromatic heterocycles. The molecular weight excluding hydrogens is 300 g/mol. The van der Waals surface area contributed by atoms with Gasteiger partial charge < -0.3 is 9.73 Å². The molecule has 0 saturated heterocycles. The van der Waals surface area contributed by atoms with Crippen LogP contribution in [0.2, 0.25) is 5.02 Å². The van der Waals surface area contributed by atoms with Crippen molar-refractivity contribution in [2.75, 3.05) is 0 Å². The summed E-state index contributed by atoms with van der Waals surface area (Å²) in [5, 5.41) is 3.58. The lowest BCUT2D eigenvalue weighted by Gasteiger charge is -2.05. The van der Waals surface area contributed by atoms with Crippen molar-refractivity contribution in [3.8, 4) is 0 Å². The third-order valence-electron chi connectivity index (χ3n) is 3.33. The molecule has 1 heterocycles. The molecule has 0 spiro atoms. The van der Waals surface area contributed by atoms with Gasteiger partial charge in [-0.3, -0.25) is 4.79 Å². The van der Waals surface area contributed by atoms with E-state index in [-0.39, 0.29) is 5.91 Å². The van der Waals surface area contributed by atoms with Crippen molar-refractivity contribution in [1.29, 1.82) is 0 Å². The molecule has 2 aromatic carbocycles. The summed E-state index contributed by atoms with van der Waals surface area (Å²) in [5.41, 5.74) is 3.44. The molecule has 1 N–H and O–H groups in total. The number of hydrogen-bond acceptors (Lipinski definition) is 3. The number of carbonyl (C=O) groups excluding carboxylic acids is 1. The minimum atomic E-state index is -0.0329. The Hall–Kier alpha value is -2.33. The number of rotatable bonds is 4. The van der Waals surface area contributed by atoms with Crippen LogP contribution in [0.25, 0.3) is 11.1 Å². The van der Waals surface area contributed by atoms with E-state index in [1.165, 1.54) is 0 Å². The van der Waals surface area contributed by atoms with E-state index in [9.17, 15) is 4.79 Å². The average Bonchev–Trinajstić information content (AvgIpc) is 2.86. The predicted octanol–water partition coefficient (Wildman–Crippen LogP) is 3.65. The van der Waals surface area contributed by atoms with E-state index in [0.717, 1.165) is 22.2 Å². The zero-order valence-corrected chi connectivity index (χ0v) is 12.9. The van der Waals surface area contributed by atoms with Gasteiger partial charge in [-0.1, -0.05) is 29.8 Å². The Kier molecular flexibility index (Phi) is 4.11. The van der Waals surface area contributed by atoms with E-state index in [1.807, 2.05) is 42.5 Å². The SMILES string of the molecule is Cc1nc2cc(CC(=O)NCc3ccc(Cl)cc3)ccc2o1. The van der Waals surface area contributed by atoms with Gasteiger partial charge in [0.05, 0.1) is 6.42 Å². The van der Waals surface area contributed by atoms with E-state index < -0.39 is 0 Å². The molecular formula is C17H15ClN2O2. The van der Waals surface area contributed by atoms with Crippen molar-refractivity contribution in [2.45, 2.75) is 19.9 Å². The fourth-order valence-corrected chi connectivity index (χ4v) is 2.37. The van der Waals surface area contributed by atoms with Crippen LogP contribution in [0, 0.1) is 6.92 Å².